The molecular weight excluding hydrogens is 347 g/mol. The van der Waals surface area contributed by atoms with Crippen LogP contribution in [0.2, 0.25) is 5.02 Å². The lowest BCUT2D eigenvalue weighted by molar-refractivity contribution is 0.600. The molecule has 0 saturated carbocycles. The van der Waals surface area contributed by atoms with Gasteiger partial charge in [0.05, 0.1) is 10.7 Å². The highest BCUT2D eigenvalue weighted by molar-refractivity contribution is 6.30. The lowest BCUT2D eigenvalue weighted by Crippen LogP contribution is -2.33. The summed E-state index contributed by atoms with van der Waals surface area (Å²) in [6.45, 7) is 0. The van der Waals surface area contributed by atoms with Crippen molar-refractivity contribution in [2.75, 3.05) is 16.8 Å². The van der Waals surface area contributed by atoms with Crippen LogP contribution in [0, 0.1) is 28.6 Å². The molecule has 25 heavy (non-hydrogen) atoms. The third kappa shape index (κ3) is 2.63. The molecule has 8 nitrogen and oxygen atoms in total. The zero-order chi connectivity index (χ0) is 18.1. The van der Waals surface area contributed by atoms with Crippen LogP contribution in [0.3, 0.4) is 0 Å². The zero-order valence-corrected chi connectivity index (χ0v) is 13.3. The number of nitrogens with two attached hydrogens (primary N) is 2. The SMILES string of the molecule is N#CNC1=NC(c2cccc(Cl)c2F)c2c(nc(N)c(C#N)c2N)N1. The molecule has 1 aliphatic rings. The summed E-state index contributed by atoms with van der Waals surface area (Å²) in [4.78, 5) is 8.34. The van der Waals surface area contributed by atoms with E-state index in [4.69, 9.17) is 28.3 Å². The van der Waals surface area contributed by atoms with Gasteiger partial charge in [0.25, 0.3) is 0 Å². The van der Waals surface area contributed by atoms with Crippen molar-refractivity contribution in [1.82, 2.24) is 10.3 Å². The number of nitrogens with one attached hydrogen (secondary N) is 2. The molecule has 6 N–H and O–H groups in total. The number of pyridine rings is 1. The van der Waals surface area contributed by atoms with Gasteiger partial charge in [-0.1, -0.05) is 23.7 Å². The first-order valence-corrected chi connectivity index (χ1v) is 7.28. The summed E-state index contributed by atoms with van der Waals surface area (Å²) in [5, 5.41) is 23.0. The van der Waals surface area contributed by atoms with Gasteiger partial charge in [0.2, 0.25) is 5.96 Å². The van der Waals surface area contributed by atoms with Crippen molar-refractivity contribution < 1.29 is 4.39 Å². The first-order valence-electron chi connectivity index (χ1n) is 6.90. The number of nitrogens with zero attached hydrogens (tertiary/aromatic N) is 4. The van der Waals surface area contributed by atoms with Crippen LogP contribution < -0.4 is 22.1 Å². The van der Waals surface area contributed by atoms with Gasteiger partial charge in [-0.3, -0.25) is 5.32 Å². The second-order valence-corrected chi connectivity index (χ2v) is 5.45. The van der Waals surface area contributed by atoms with Crippen LogP contribution in [-0.4, -0.2) is 10.9 Å². The maximum Gasteiger partial charge on any atom is 0.211 e. The molecule has 2 aromatic rings. The number of anilines is 3. The normalized spacial score (nSPS) is 15.2. The summed E-state index contributed by atoms with van der Waals surface area (Å²) >= 11 is 5.85. The molecule has 2 heterocycles. The molecule has 124 valence electrons. The van der Waals surface area contributed by atoms with Gasteiger partial charge in [-0.05, 0) is 6.07 Å². The average Bonchev–Trinajstić information content (AvgIpc) is 2.57. The summed E-state index contributed by atoms with van der Waals surface area (Å²) in [6.07, 6.45) is 1.71. The Morgan fingerprint density at radius 1 is 1.32 bits per heavy atom. The van der Waals surface area contributed by atoms with Crippen LogP contribution in [0.5, 0.6) is 0 Å². The monoisotopic (exact) mass is 356 g/mol. The summed E-state index contributed by atoms with van der Waals surface area (Å²) in [6, 6.07) is 5.34. The highest BCUT2D eigenvalue weighted by Gasteiger charge is 2.31. The van der Waals surface area contributed by atoms with Gasteiger partial charge in [0.15, 0.2) is 6.19 Å². The third-order valence-electron chi connectivity index (χ3n) is 3.63. The first kappa shape index (κ1) is 16.3. The molecule has 0 spiro atoms. The van der Waals surface area contributed by atoms with Crippen LogP contribution in [0.1, 0.15) is 22.7 Å². The molecule has 10 heteroatoms. The molecule has 1 aromatic carbocycles. The van der Waals surface area contributed by atoms with Gasteiger partial charge in [0, 0.05) is 11.1 Å². The minimum Gasteiger partial charge on any atom is -0.397 e. The van der Waals surface area contributed by atoms with E-state index in [2.05, 4.69) is 20.6 Å². The van der Waals surface area contributed by atoms with E-state index in [0.29, 0.717) is 0 Å². The summed E-state index contributed by atoms with van der Waals surface area (Å²) in [5.41, 5.74) is 12.2. The van der Waals surface area contributed by atoms with E-state index in [-0.39, 0.29) is 45.0 Å². The van der Waals surface area contributed by atoms with E-state index in [0.717, 1.165) is 0 Å². The number of hydrogen-bond acceptors (Lipinski definition) is 8. The van der Waals surface area contributed by atoms with Crippen molar-refractivity contribution in [3.8, 4) is 12.3 Å². The Bertz CT molecular complexity index is 988. The Morgan fingerprint density at radius 2 is 2.08 bits per heavy atom. The second kappa shape index (κ2) is 6.15. The molecule has 0 radical (unpaired) electrons. The molecule has 0 saturated heterocycles. The minimum absolute atomic E-state index is 0.0279. The third-order valence-corrected chi connectivity index (χ3v) is 3.93. The molecule has 1 atom stereocenters. The van der Waals surface area contributed by atoms with Crippen molar-refractivity contribution in [2.45, 2.75) is 6.04 Å². The minimum atomic E-state index is -0.967. The summed E-state index contributed by atoms with van der Waals surface area (Å²) in [7, 11) is 0. The van der Waals surface area contributed by atoms with E-state index < -0.39 is 11.9 Å². The van der Waals surface area contributed by atoms with Crippen molar-refractivity contribution >= 4 is 34.9 Å². The fraction of sp³-hybridized carbons (Fsp3) is 0.0667. The van der Waals surface area contributed by atoms with Gasteiger partial charge >= 0.3 is 0 Å². The standard InChI is InChI=1S/C15H10ClFN8/c16-8-3-1-2-6(10(8)17)12-9-11(20)7(4-18)13(21)24-14(9)25-15(23-12)22-5-19/h1-3,12H,(H6,20,21,22,23,24,25). The van der Waals surface area contributed by atoms with Gasteiger partial charge < -0.3 is 16.8 Å². The van der Waals surface area contributed by atoms with Crippen LogP contribution in [0.15, 0.2) is 23.2 Å². The Labute approximate surface area is 146 Å². The maximum atomic E-state index is 14.5. The smallest absolute Gasteiger partial charge is 0.211 e. The van der Waals surface area contributed by atoms with E-state index in [1.807, 2.05) is 6.07 Å². The lowest BCUT2D eigenvalue weighted by atomic mass is 9.95. The predicted octanol–water partition coefficient (Wildman–Crippen LogP) is 1.85. The molecule has 0 fully saturated rings. The van der Waals surface area contributed by atoms with Gasteiger partial charge in [0.1, 0.15) is 35.1 Å². The lowest BCUT2D eigenvalue weighted by Gasteiger charge is -2.26. The second-order valence-electron chi connectivity index (χ2n) is 5.04. The first-order chi connectivity index (χ1) is 12.0. The van der Waals surface area contributed by atoms with Crippen molar-refractivity contribution in [1.29, 1.82) is 10.5 Å². The van der Waals surface area contributed by atoms with Crippen molar-refractivity contribution in [3.63, 3.8) is 0 Å². The molecule has 1 aromatic heterocycles. The quantitative estimate of drug-likeness (QED) is 0.450. The van der Waals surface area contributed by atoms with Crippen molar-refractivity contribution in [3.05, 3.63) is 45.7 Å². The number of hydrogen-bond donors (Lipinski definition) is 4. The summed E-state index contributed by atoms with van der Waals surface area (Å²) < 4.78 is 14.5. The number of aliphatic imine (C=N–C) groups is 1. The molecule has 1 unspecified atom stereocenters. The Balaban J connectivity index is 2.30. The average molecular weight is 357 g/mol. The highest BCUT2D eigenvalue weighted by Crippen LogP contribution is 2.41. The number of rotatable bonds is 1. The number of nitriles is 2. The largest absolute Gasteiger partial charge is 0.397 e. The number of fused-ring (bicyclic) bond motifs is 1. The van der Waals surface area contributed by atoms with Crippen molar-refractivity contribution in [2.24, 2.45) is 4.99 Å². The fourth-order valence-electron chi connectivity index (χ4n) is 2.54. The zero-order valence-electron chi connectivity index (χ0n) is 12.5. The number of guanidine groups is 1. The van der Waals surface area contributed by atoms with Gasteiger partial charge in [-0.15, -0.1) is 0 Å². The van der Waals surface area contributed by atoms with Gasteiger partial charge in [-0.25, -0.2) is 14.4 Å². The van der Waals surface area contributed by atoms with E-state index in [1.165, 1.54) is 12.1 Å². The van der Waals surface area contributed by atoms with Crippen LogP contribution in [0.25, 0.3) is 0 Å². The summed E-state index contributed by atoms with van der Waals surface area (Å²) in [5.74, 6) is -0.562. The number of halogens is 2. The maximum absolute atomic E-state index is 14.5. The predicted molar refractivity (Wildman–Crippen MR) is 90.8 cm³/mol. The molecule has 1 aliphatic heterocycles. The Morgan fingerprint density at radius 3 is 2.76 bits per heavy atom. The number of aromatic nitrogens is 1. The molecule has 0 amide bonds. The molecule has 0 aliphatic carbocycles. The Kier molecular flexibility index (Phi) is 4.01. The van der Waals surface area contributed by atoms with Crippen LogP contribution >= 0.6 is 11.6 Å². The Hall–Kier alpha value is -3.56. The number of nitrogen functional groups attached to an aromatic ring is 2. The van der Waals surface area contributed by atoms with E-state index in [1.54, 1.807) is 12.3 Å². The van der Waals surface area contributed by atoms with Crippen LogP contribution in [0.4, 0.5) is 21.7 Å². The highest BCUT2D eigenvalue weighted by atomic mass is 35.5. The van der Waals surface area contributed by atoms with Crippen LogP contribution in [-0.2, 0) is 0 Å². The van der Waals surface area contributed by atoms with E-state index in [9.17, 15) is 9.65 Å². The fourth-order valence-corrected chi connectivity index (χ4v) is 2.72. The topological polar surface area (TPSA) is 149 Å². The molecule has 3 rings (SSSR count). The van der Waals surface area contributed by atoms with E-state index >= 15 is 0 Å². The number of benzene rings is 1. The molecule has 0 bridgehead atoms. The van der Waals surface area contributed by atoms with Gasteiger partial charge in [-0.2, -0.15) is 10.5 Å². The molecular formula is C15H10ClFN8.